The molecule has 4 aromatic rings. The quantitative estimate of drug-likeness (QED) is 0.465. The molecule has 0 aliphatic heterocycles. The highest BCUT2D eigenvalue weighted by Crippen LogP contribution is 2.23. The highest BCUT2D eigenvalue weighted by molar-refractivity contribution is 5.99. The van der Waals surface area contributed by atoms with Crippen molar-refractivity contribution in [2.75, 3.05) is 5.32 Å². The van der Waals surface area contributed by atoms with Crippen LogP contribution in [0.3, 0.4) is 0 Å². The maximum Gasteiger partial charge on any atom is 0.344 e. The zero-order valence-electron chi connectivity index (χ0n) is 16.7. The molecule has 2 aromatic carbocycles. The van der Waals surface area contributed by atoms with Gasteiger partial charge in [0.1, 0.15) is 11.3 Å². The Bertz CT molecular complexity index is 1230. The summed E-state index contributed by atoms with van der Waals surface area (Å²) < 4.78 is 11.0. The first-order chi connectivity index (χ1) is 15.1. The number of carbonyl (C=O) groups excluding carboxylic acids is 2. The van der Waals surface area contributed by atoms with E-state index in [2.05, 4.69) is 15.3 Å². The SMILES string of the molecule is CC(OC(=O)c1cccnc1Oc1cccnc1)C(=O)Nc1ccc2ccccc2c1. The predicted molar refractivity (Wildman–Crippen MR) is 116 cm³/mol. The first kappa shape index (κ1) is 20.0. The Morgan fingerprint density at radius 1 is 0.935 bits per heavy atom. The summed E-state index contributed by atoms with van der Waals surface area (Å²) in [5.74, 6) is -0.657. The van der Waals surface area contributed by atoms with Crippen LogP contribution >= 0.6 is 0 Å². The number of ether oxygens (including phenoxy) is 2. The lowest BCUT2D eigenvalue weighted by Gasteiger charge is -2.15. The van der Waals surface area contributed by atoms with E-state index in [0.29, 0.717) is 11.4 Å². The van der Waals surface area contributed by atoms with Crippen molar-refractivity contribution in [2.24, 2.45) is 0 Å². The number of fused-ring (bicyclic) bond motifs is 1. The number of amides is 1. The van der Waals surface area contributed by atoms with Crippen LogP contribution in [0.4, 0.5) is 5.69 Å². The second-order valence-corrected chi connectivity index (χ2v) is 6.75. The molecule has 4 rings (SSSR count). The number of anilines is 1. The van der Waals surface area contributed by atoms with Crippen molar-refractivity contribution in [3.63, 3.8) is 0 Å². The van der Waals surface area contributed by atoms with Gasteiger partial charge in [0.05, 0.1) is 6.20 Å². The standard InChI is InChI=1S/C24H19N3O4/c1-16(22(28)27-19-11-10-17-6-2-3-7-18(17)14-19)30-24(29)21-9-5-13-26-23(21)31-20-8-4-12-25-15-20/h2-16H,1H3,(H,27,28). The third-order valence-corrected chi connectivity index (χ3v) is 4.51. The molecule has 31 heavy (non-hydrogen) atoms. The van der Waals surface area contributed by atoms with Gasteiger partial charge < -0.3 is 14.8 Å². The summed E-state index contributed by atoms with van der Waals surface area (Å²) in [5.41, 5.74) is 0.727. The fourth-order valence-electron chi connectivity index (χ4n) is 2.94. The van der Waals surface area contributed by atoms with Gasteiger partial charge in [-0.05, 0) is 54.1 Å². The number of carbonyl (C=O) groups is 2. The number of rotatable bonds is 6. The van der Waals surface area contributed by atoms with Crippen molar-refractivity contribution in [2.45, 2.75) is 13.0 Å². The van der Waals surface area contributed by atoms with E-state index in [1.54, 1.807) is 30.5 Å². The van der Waals surface area contributed by atoms with Crippen LogP contribution in [0.5, 0.6) is 11.6 Å². The number of hydrogen-bond acceptors (Lipinski definition) is 6. The molecule has 0 aliphatic rings. The molecule has 2 heterocycles. The fourth-order valence-corrected chi connectivity index (χ4v) is 2.94. The third-order valence-electron chi connectivity index (χ3n) is 4.51. The normalized spacial score (nSPS) is 11.5. The molecule has 0 radical (unpaired) electrons. The molecule has 0 saturated carbocycles. The van der Waals surface area contributed by atoms with Gasteiger partial charge in [0.15, 0.2) is 6.10 Å². The lowest BCUT2D eigenvalue weighted by atomic mass is 10.1. The van der Waals surface area contributed by atoms with Gasteiger partial charge in [-0.25, -0.2) is 9.78 Å². The summed E-state index contributed by atoms with van der Waals surface area (Å²) in [4.78, 5) is 33.3. The van der Waals surface area contributed by atoms with Crippen molar-refractivity contribution in [1.29, 1.82) is 0 Å². The van der Waals surface area contributed by atoms with Gasteiger partial charge in [-0.15, -0.1) is 0 Å². The molecular weight excluding hydrogens is 394 g/mol. The Morgan fingerprint density at radius 3 is 2.55 bits per heavy atom. The Morgan fingerprint density at radius 2 is 1.74 bits per heavy atom. The average Bonchev–Trinajstić information content (AvgIpc) is 2.80. The maximum absolute atomic E-state index is 12.7. The van der Waals surface area contributed by atoms with Crippen LogP contribution < -0.4 is 10.1 Å². The van der Waals surface area contributed by atoms with E-state index in [4.69, 9.17) is 9.47 Å². The molecule has 0 aliphatic carbocycles. The summed E-state index contributed by atoms with van der Waals surface area (Å²) in [6.45, 7) is 1.51. The second-order valence-electron chi connectivity index (χ2n) is 6.75. The van der Waals surface area contributed by atoms with Crippen LogP contribution in [0.2, 0.25) is 0 Å². The van der Waals surface area contributed by atoms with E-state index >= 15 is 0 Å². The molecule has 0 spiro atoms. The zero-order chi connectivity index (χ0) is 21.6. The minimum Gasteiger partial charge on any atom is -0.449 e. The zero-order valence-corrected chi connectivity index (χ0v) is 16.7. The number of benzene rings is 2. The molecule has 1 unspecified atom stereocenters. The summed E-state index contributed by atoms with van der Waals surface area (Å²) >= 11 is 0. The number of pyridine rings is 2. The van der Waals surface area contributed by atoms with Crippen molar-refractivity contribution < 1.29 is 19.1 Å². The van der Waals surface area contributed by atoms with Gasteiger partial charge in [-0.3, -0.25) is 9.78 Å². The number of hydrogen-bond donors (Lipinski definition) is 1. The van der Waals surface area contributed by atoms with Crippen LogP contribution in [0.1, 0.15) is 17.3 Å². The summed E-state index contributed by atoms with van der Waals surface area (Å²) in [5, 5.41) is 4.84. The van der Waals surface area contributed by atoms with Crippen molar-refractivity contribution >= 4 is 28.3 Å². The molecule has 0 fully saturated rings. The topological polar surface area (TPSA) is 90.4 Å². The van der Waals surface area contributed by atoms with Crippen molar-refractivity contribution in [3.05, 3.63) is 90.9 Å². The van der Waals surface area contributed by atoms with E-state index in [9.17, 15) is 9.59 Å². The monoisotopic (exact) mass is 413 g/mol. The van der Waals surface area contributed by atoms with Crippen LogP contribution in [0.25, 0.3) is 10.8 Å². The molecule has 0 saturated heterocycles. The van der Waals surface area contributed by atoms with Crippen LogP contribution in [-0.4, -0.2) is 27.9 Å². The molecular formula is C24H19N3O4. The Labute approximate surface area is 178 Å². The minimum absolute atomic E-state index is 0.0719. The van der Waals surface area contributed by atoms with Crippen molar-refractivity contribution in [1.82, 2.24) is 9.97 Å². The summed E-state index contributed by atoms with van der Waals surface area (Å²) in [6.07, 6.45) is 3.59. The average molecular weight is 413 g/mol. The molecule has 0 bridgehead atoms. The summed E-state index contributed by atoms with van der Waals surface area (Å²) in [6, 6.07) is 19.9. The van der Waals surface area contributed by atoms with Gasteiger partial charge in [-0.1, -0.05) is 30.3 Å². The van der Waals surface area contributed by atoms with Gasteiger partial charge in [0.25, 0.3) is 5.91 Å². The number of nitrogens with zero attached hydrogens (tertiary/aromatic N) is 2. The van der Waals surface area contributed by atoms with Gasteiger partial charge in [-0.2, -0.15) is 0 Å². The molecule has 2 aromatic heterocycles. The van der Waals surface area contributed by atoms with E-state index in [-0.39, 0.29) is 11.4 Å². The predicted octanol–water partition coefficient (Wildman–Crippen LogP) is 4.61. The largest absolute Gasteiger partial charge is 0.449 e. The minimum atomic E-state index is -1.02. The van der Waals surface area contributed by atoms with Crippen LogP contribution in [0, 0.1) is 0 Å². The first-order valence-electron chi connectivity index (χ1n) is 9.64. The number of esters is 1. The molecule has 7 nitrogen and oxygen atoms in total. The first-order valence-corrected chi connectivity index (χ1v) is 9.64. The number of nitrogens with one attached hydrogen (secondary N) is 1. The van der Waals surface area contributed by atoms with Gasteiger partial charge in [0.2, 0.25) is 5.88 Å². The fraction of sp³-hybridized carbons (Fsp3) is 0.0833. The molecule has 1 amide bonds. The molecule has 1 N–H and O–H groups in total. The van der Waals surface area contributed by atoms with E-state index in [1.165, 1.54) is 25.4 Å². The van der Waals surface area contributed by atoms with Crippen LogP contribution in [-0.2, 0) is 9.53 Å². The lowest BCUT2D eigenvalue weighted by Crippen LogP contribution is -2.30. The maximum atomic E-state index is 12.7. The Balaban J connectivity index is 1.43. The lowest BCUT2D eigenvalue weighted by molar-refractivity contribution is -0.123. The molecule has 7 heteroatoms. The Hall–Kier alpha value is -4.26. The van der Waals surface area contributed by atoms with E-state index in [1.807, 2.05) is 36.4 Å². The van der Waals surface area contributed by atoms with Crippen LogP contribution in [0.15, 0.2) is 85.3 Å². The highest BCUT2D eigenvalue weighted by Gasteiger charge is 2.22. The van der Waals surface area contributed by atoms with Crippen molar-refractivity contribution in [3.8, 4) is 11.6 Å². The van der Waals surface area contributed by atoms with E-state index < -0.39 is 18.0 Å². The van der Waals surface area contributed by atoms with Gasteiger partial charge >= 0.3 is 5.97 Å². The Kier molecular flexibility index (Phi) is 5.84. The van der Waals surface area contributed by atoms with E-state index in [0.717, 1.165) is 10.8 Å². The second kappa shape index (κ2) is 9.04. The molecule has 1 atom stereocenters. The summed E-state index contributed by atoms with van der Waals surface area (Å²) in [7, 11) is 0. The number of aromatic nitrogens is 2. The molecule has 154 valence electrons. The highest BCUT2D eigenvalue weighted by atomic mass is 16.6. The third kappa shape index (κ3) is 4.84. The smallest absolute Gasteiger partial charge is 0.344 e. The van der Waals surface area contributed by atoms with Gasteiger partial charge in [0, 0.05) is 18.1 Å².